The number of hydrogen-bond acceptors (Lipinski definition) is 2. The Bertz CT molecular complexity index is 578. The quantitative estimate of drug-likeness (QED) is 0.894. The van der Waals surface area contributed by atoms with Gasteiger partial charge in [-0.05, 0) is 30.7 Å². The standard InChI is InChI=1S/C13H13ClN2O2/c1-8-3-4-10(12(5-8)18-2)16-13(17)11-6-9(14)7-15-11/h3-7,15H,1-2H3,(H,16,17). The fourth-order valence-electron chi connectivity index (χ4n) is 1.59. The van der Waals surface area contributed by atoms with Crippen molar-refractivity contribution in [2.45, 2.75) is 6.92 Å². The number of halogens is 1. The minimum absolute atomic E-state index is 0.260. The Morgan fingerprint density at radius 1 is 1.39 bits per heavy atom. The van der Waals surface area contributed by atoms with Gasteiger partial charge in [0.05, 0.1) is 17.8 Å². The van der Waals surface area contributed by atoms with E-state index in [-0.39, 0.29) is 5.91 Å². The Morgan fingerprint density at radius 3 is 2.78 bits per heavy atom. The van der Waals surface area contributed by atoms with Crippen molar-refractivity contribution in [3.8, 4) is 5.75 Å². The SMILES string of the molecule is COc1cc(C)ccc1NC(=O)c1cc(Cl)c[nH]1. The zero-order valence-corrected chi connectivity index (χ0v) is 10.8. The third-order valence-corrected chi connectivity index (χ3v) is 2.72. The lowest BCUT2D eigenvalue weighted by molar-refractivity contribution is 0.102. The first-order chi connectivity index (χ1) is 8.60. The van der Waals surface area contributed by atoms with Gasteiger partial charge in [0.15, 0.2) is 0 Å². The second-order valence-electron chi connectivity index (χ2n) is 3.89. The van der Waals surface area contributed by atoms with Crippen LogP contribution in [0.15, 0.2) is 30.5 Å². The molecule has 0 radical (unpaired) electrons. The van der Waals surface area contributed by atoms with Crippen LogP contribution in [-0.2, 0) is 0 Å². The Hall–Kier alpha value is -1.94. The predicted octanol–water partition coefficient (Wildman–Crippen LogP) is 3.24. The molecule has 0 fully saturated rings. The number of rotatable bonds is 3. The van der Waals surface area contributed by atoms with E-state index in [4.69, 9.17) is 16.3 Å². The van der Waals surface area contributed by atoms with Crippen LogP contribution >= 0.6 is 11.6 Å². The maximum atomic E-state index is 11.9. The second-order valence-corrected chi connectivity index (χ2v) is 4.33. The zero-order chi connectivity index (χ0) is 13.1. The highest BCUT2D eigenvalue weighted by Crippen LogP contribution is 2.25. The van der Waals surface area contributed by atoms with Crippen molar-refractivity contribution >= 4 is 23.2 Å². The Balaban J connectivity index is 2.21. The first kappa shape index (κ1) is 12.5. The van der Waals surface area contributed by atoms with Crippen LogP contribution in [0.4, 0.5) is 5.69 Å². The van der Waals surface area contributed by atoms with Crippen LogP contribution in [0.25, 0.3) is 0 Å². The van der Waals surface area contributed by atoms with Gasteiger partial charge >= 0.3 is 0 Å². The minimum Gasteiger partial charge on any atom is -0.495 e. The molecule has 0 bridgehead atoms. The number of aromatic amines is 1. The summed E-state index contributed by atoms with van der Waals surface area (Å²) < 4.78 is 5.22. The van der Waals surface area contributed by atoms with Gasteiger partial charge in [-0.2, -0.15) is 0 Å². The summed E-state index contributed by atoms with van der Waals surface area (Å²) in [4.78, 5) is 14.7. The molecule has 0 spiro atoms. The van der Waals surface area contributed by atoms with E-state index in [1.165, 1.54) is 0 Å². The number of ether oxygens (including phenoxy) is 1. The summed E-state index contributed by atoms with van der Waals surface area (Å²) in [6.45, 7) is 1.96. The number of amides is 1. The lowest BCUT2D eigenvalue weighted by Gasteiger charge is -2.10. The number of carbonyl (C=O) groups excluding carboxylic acids is 1. The molecule has 0 saturated carbocycles. The molecule has 0 aliphatic heterocycles. The summed E-state index contributed by atoms with van der Waals surface area (Å²) in [5.74, 6) is 0.366. The van der Waals surface area contributed by atoms with Crippen LogP contribution in [0.1, 0.15) is 16.1 Å². The van der Waals surface area contributed by atoms with Crippen LogP contribution in [0.2, 0.25) is 5.02 Å². The molecule has 1 aromatic heterocycles. The molecular formula is C13H13ClN2O2. The molecule has 2 N–H and O–H groups in total. The maximum Gasteiger partial charge on any atom is 0.272 e. The smallest absolute Gasteiger partial charge is 0.272 e. The van der Waals surface area contributed by atoms with Gasteiger partial charge in [0, 0.05) is 6.20 Å². The van der Waals surface area contributed by atoms with E-state index < -0.39 is 0 Å². The van der Waals surface area contributed by atoms with E-state index in [9.17, 15) is 4.79 Å². The molecular weight excluding hydrogens is 252 g/mol. The molecule has 1 aromatic carbocycles. The number of aryl methyl sites for hydroxylation is 1. The number of nitrogens with one attached hydrogen (secondary N) is 2. The molecule has 0 atom stereocenters. The van der Waals surface area contributed by atoms with Gasteiger partial charge in [-0.25, -0.2) is 0 Å². The largest absolute Gasteiger partial charge is 0.495 e. The van der Waals surface area contributed by atoms with Crippen LogP contribution in [0.5, 0.6) is 5.75 Å². The van der Waals surface area contributed by atoms with Crippen LogP contribution in [0, 0.1) is 6.92 Å². The van der Waals surface area contributed by atoms with Gasteiger partial charge < -0.3 is 15.0 Å². The van der Waals surface area contributed by atoms with E-state index in [0.717, 1.165) is 5.56 Å². The number of methoxy groups -OCH3 is 1. The molecule has 4 nitrogen and oxygen atoms in total. The lowest BCUT2D eigenvalue weighted by Crippen LogP contribution is -2.12. The van der Waals surface area contributed by atoms with Crippen molar-refractivity contribution < 1.29 is 9.53 Å². The van der Waals surface area contributed by atoms with E-state index in [0.29, 0.717) is 22.2 Å². The van der Waals surface area contributed by atoms with E-state index in [1.54, 1.807) is 25.4 Å². The van der Waals surface area contributed by atoms with Crippen LogP contribution in [-0.4, -0.2) is 18.0 Å². The molecule has 94 valence electrons. The van der Waals surface area contributed by atoms with Gasteiger partial charge in [-0.1, -0.05) is 17.7 Å². The number of carbonyl (C=O) groups is 1. The Morgan fingerprint density at radius 2 is 2.17 bits per heavy atom. The number of aromatic nitrogens is 1. The second kappa shape index (κ2) is 5.14. The molecule has 0 aliphatic carbocycles. The number of hydrogen-bond donors (Lipinski definition) is 2. The molecule has 0 saturated heterocycles. The molecule has 0 unspecified atom stereocenters. The highest BCUT2D eigenvalue weighted by molar-refractivity contribution is 6.31. The third-order valence-electron chi connectivity index (χ3n) is 2.50. The van der Waals surface area contributed by atoms with Gasteiger partial charge in [0.1, 0.15) is 11.4 Å². The highest BCUT2D eigenvalue weighted by atomic mass is 35.5. The van der Waals surface area contributed by atoms with E-state index in [2.05, 4.69) is 10.3 Å². The number of H-pyrrole nitrogens is 1. The Labute approximate surface area is 110 Å². The van der Waals surface area contributed by atoms with Crippen molar-refractivity contribution in [2.75, 3.05) is 12.4 Å². The molecule has 2 rings (SSSR count). The predicted molar refractivity (Wildman–Crippen MR) is 71.5 cm³/mol. The third kappa shape index (κ3) is 2.65. The first-order valence-corrected chi connectivity index (χ1v) is 5.78. The average Bonchev–Trinajstić information content (AvgIpc) is 2.78. The summed E-state index contributed by atoms with van der Waals surface area (Å²) in [5.41, 5.74) is 2.09. The summed E-state index contributed by atoms with van der Waals surface area (Å²) >= 11 is 5.75. The van der Waals surface area contributed by atoms with Crippen LogP contribution < -0.4 is 10.1 Å². The van der Waals surface area contributed by atoms with Crippen molar-refractivity contribution in [3.63, 3.8) is 0 Å². The molecule has 18 heavy (non-hydrogen) atoms. The van der Waals surface area contributed by atoms with Gasteiger partial charge in [-0.3, -0.25) is 4.79 Å². The fourth-order valence-corrected chi connectivity index (χ4v) is 1.75. The van der Waals surface area contributed by atoms with Gasteiger partial charge in [0.25, 0.3) is 5.91 Å². The van der Waals surface area contributed by atoms with Crippen molar-refractivity contribution in [1.29, 1.82) is 0 Å². The van der Waals surface area contributed by atoms with Crippen molar-refractivity contribution in [2.24, 2.45) is 0 Å². The Kier molecular flexibility index (Phi) is 3.58. The summed E-state index contributed by atoms with van der Waals surface area (Å²) in [6, 6.07) is 7.13. The molecule has 1 heterocycles. The lowest BCUT2D eigenvalue weighted by atomic mass is 10.2. The normalized spacial score (nSPS) is 10.2. The van der Waals surface area contributed by atoms with E-state index in [1.807, 2.05) is 19.1 Å². The van der Waals surface area contributed by atoms with Gasteiger partial charge in [0.2, 0.25) is 0 Å². The summed E-state index contributed by atoms with van der Waals surface area (Å²) in [5, 5.41) is 3.26. The number of benzene rings is 1. The summed E-state index contributed by atoms with van der Waals surface area (Å²) in [6.07, 6.45) is 1.56. The van der Waals surface area contributed by atoms with Crippen molar-refractivity contribution in [1.82, 2.24) is 4.98 Å². The molecule has 0 aliphatic rings. The van der Waals surface area contributed by atoms with E-state index >= 15 is 0 Å². The monoisotopic (exact) mass is 264 g/mol. The van der Waals surface area contributed by atoms with Crippen molar-refractivity contribution in [3.05, 3.63) is 46.7 Å². The minimum atomic E-state index is -0.260. The van der Waals surface area contributed by atoms with Crippen LogP contribution in [0.3, 0.4) is 0 Å². The zero-order valence-electron chi connectivity index (χ0n) is 10.1. The average molecular weight is 265 g/mol. The van der Waals surface area contributed by atoms with Gasteiger partial charge in [-0.15, -0.1) is 0 Å². The topological polar surface area (TPSA) is 54.1 Å². The fraction of sp³-hybridized carbons (Fsp3) is 0.154. The molecule has 5 heteroatoms. The molecule has 1 amide bonds. The summed E-state index contributed by atoms with van der Waals surface area (Å²) in [7, 11) is 1.57. The first-order valence-electron chi connectivity index (χ1n) is 5.40. The highest BCUT2D eigenvalue weighted by Gasteiger charge is 2.11. The number of anilines is 1. The maximum absolute atomic E-state index is 11.9. The molecule has 2 aromatic rings.